The predicted molar refractivity (Wildman–Crippen MR) is 98.5 cm³/mol. The first-order valence-electron chi connectivity index (χ1n) is 9.60. The summed E-state index contributed by atoms with van der Waals surface area (Å²) in [5.74, 6) is 0.787. The zero-order valence-electron chi connectivity index (χ0n) is 16.2. The second-order valence-corrected chi connectivity index (χ2v) is 8.96. The van der Waals surface area contributed by atoms with Crippen LogP contribution in [0.25, 0.3) is 0 Å². The molecule has 3 unspecified atom stereocenters. The van der Waals surface area contributed by atoms with Crippen LogP contribution >= 0.6 is 0 Å². The summed E-state index contributed by atoms with van der Waals surface area (Å²) in [4.78, 5) is 4.11. The standard InChI is InChI=1S/C20H37NO3/c1-7-8-9-19(4)16(23)12-15-17(19)14(2)20(5,24-15)11-10-18(3,13-22)21-6/h14-17,22-23H,6-13H2,1-5H3/t14-,15?,16?,17?,18+,19-,20+/m0/s1. The Bertz CT molecular complexity index is 456. The van der Waals surface area contributed by atoms with Crippen molar-refractivity contribution in [2.75, 3.05) is 6.61 Å². The van der Waals surface area contributed by atoms with Crippen molar-refractivity contribution in [2.24, 2.45) is 22.2 Å². The van der Waals surface area contributed by atoms with Gasteiger partial charge in [-0.15, -0.1) is 0 Å². The van der Waals surface area contributed by atoms with Crippen LogP contribution in [0.2, 0.25) is 0 Å². The average Bonchev–Trinajstić information content (AvgIpc) is 2.95. The van der Waals surface area contributed by atoms with Gasteiger partial charge in [-0.2, -0.15) is 0 Å². The van der Waals surface area contributed by atoms with Crippen LogP contribution in [-0.4, -0.2) is 46.9 Å². The molecule has 1 saturated carbocycles. The van der Waals surface area contributed by atoms with Gasteiger partial charge in [-0.25, -0.2) is 0 Å². The van der Waals surface area contributed by atoms with Gasteiger partial charge in [-0.05, 0) is 57.1 Å². The van der Waals surface area contributed by atoms with Crippen molar-refractivity contribution in [3.63, 3.8) is 0 Å². The lowest BCUT2D eigenvalue weighted by atomic mass is 9.66. The Hall–Kier alpha value is -0.450. The Morgan fingerprint density at radius 1 is 1.33 bits per heavy atom. The molecule has 2 aliphatic rings. The number of unbranched alkanes of at least 4 members (excludes halogenated alkanes) is 1. The van der Waals surface area contributed by atoms with E-state index in [0.29, 0.717) is 11.8 Å². The second kappa shape index (κ2) is 7.05. The number of hydrogen-bond acceptors (Lipinski definition) is 4. The fourth-order valence-corrected chi connectivity index (χ4v) is 5.03. The summed E-state index contributed by atoms with van der Waals surface area (Å²) < 4.78 is 6.51. The zero-order valence-corrected chi connectivity index (χ0v) is 16.2. The van der Waals surface area contributed by atoms with Gasteiger partial charge in [0, 0.05) is 6.42 Å². The van der Waals surface area contributed by atoms with E-state index in [4.69, 9.17) is 4.74 Å². The van der Waals surface area contributed by atoms with E-state index in [0.717, 1.165) is 38.5 Å². The first kappa shape index (κ1) is 19.9. The van der Waals surface area contributed by atoms with E-state index in [1.165, 1.54) is 0 Å². The topological polar surface area (TPSA) is 62.1 Å². The van der Waals surface area contributed by atoms with Crippen LogP contribution in [0.1, 0.15) is 73.1 Å². The smallest absolute Gasteiger partial charge is 0.0803 e. The summed E-state index contributed by atoms with van der Waals surface area (Å²) in [6.07, 6.45) is 5.65. The molecule has 0 amide bonds. The van der Waals surface area contributed by atoms with Crippen molar-refractivity contribution < 1.29 is 14.9 Å². The van der Waals surface area contributed by atoms with E-state index >= 15 is 0 Å². The maximum absolute atomic E-state index is 10.7. The summed E-state index contributed by atoms with van der Waals surface area (Å²) in [5.41, 5.74) is -0.756. The monoisotopic (exact) mass is 339 g/mol. The highest BCUT2D eigenvalue weighted by Crippen LogP contribution is 2.59. The first-order chi connectivity index (χ1) is 11.2. The van der Waals surface area contributed by atoms with Crippen molar-refractivity contribution in [1.29, 1.82) is 0 Å². The summed E-state index contributed by atoms with van der Waals surface area (Å²) >= 11 is 0. The van der Waals surface area contributed by atoms with Gasteiger partial charge in [-0.1, -0.05) is 33.6 Å². The Morgan fingerprint density at radius 2 is 2.00 bits per heavy atom. The highest BCUT2D eigenvalue weighted by Gasteiger charge is 2.62. The molecular formula is C20H37NO3. The van der Waals surface area contributed by atoms with Gasteiger partial charge in [0.25, 0.3) is 0 Å². The lowest BCUT2D eigenvalue weighted by Crippen LogP contribution is -2.42. The number of aliphatic imine (C=N–C) groups is 1. The molecule has 1 heterocycles. The Balaban J connectivity index is 2.14. The minimum absolute atomic E-state index is 0.0146. The number of aliphatic hydroxyl groups is 2. The van der Waals surface area contributed by atoms with Crippen LogP contribution in [0, 0.1) is 17.3 Å². The Kier molecular flexibility index (Phi) is 5.83. The summed E-state index contributed by atoms with van der Waals surface area (Å²) in [7, 11) is 0. The molecule has 1 aliphatic carbocycles. The first-order valence-corrected chi connectivity index (χ1v) is 9.60. The summed E-state index contributed by atoms with van der Waals surface area (Å²) in [5, 5.41) is 20.2. The number of hydrogen-bond donors (Lipinski definition) is 2. The maximum atomic E-state index is 10.7. The average molecular weight is 340 g/mol. The van der Waals surface area contributed by atoms with Gasteiger partial charge in [0.05, 0.1) is 30.0 Å². The fourth-order valence-electron chi connectivity index (χ4n) is 5.03. The number of nitrogens with zero attached hydrogens (tertiary/aromatic N) is 1. The van der Waals surface area contributed by atoms with Crippen LogP contribution in [0.4, 0.5) is 0 Å². The van der Waals surface area contributed by atoms with Gasteiger partial charge in [0.1, 0.15) is 0 Å². The van der Waals surface area contributed by atoms with Gasteiger partial charge in [0.2, 0.25) is 0 Å². The van der Waals surface area contributed by atoms with Crippen molar-refractivity contribution >= 4 is 6.72 Å². The van der Waals surface area contributed by atoms with Crippen LogP contribution in [0.3, 0.4) is 0 Å². The van der Waals surface area contributed by atoms with Gasteiger partial charge >= 0.3 is 0 Å². The lowest BCUT2D eigenvalue weighted by Gasteiger charge is -2.40. The maximum Gasteiger partial charge on any atom is 0.0803 e. The quantitative estimate of drug-likeness (QED) is 0.664. The van der Waals surface area contributed by atoms with Crippen molar-refractivity contribution in [2.45, 2.75) is 96.5 Å². The predicted octanol–water partition coefficient (Wildman–Crippen LogP) is 3.59. The van der Waals surface area contributed by atoms with Crippen molar-refractivity contribution in [1.82, 2.24) is 0 Å². The van der Waals surface area contributed by atoms with Gasteiger partial charge < -0.3 is 14.9 Å². The summed E-state index contributed by atoms with van der Waals surface area (Å²) in [6.45, 7) is 14.5. The van der Waals surface area contributed by atoms with E-state index in [2.05, 4.69) is 39.4 Å². The third-order valence-electron chi connectivity index (χ3n) is 7.25. The number of aliphatic hydroxyl groups excluding tert-OH is 2. The Labute approximate surface area is 147 Å². The van der Waals surface area contributed by atoms with Crippen LogP contribution in [0.15, 0.2) is 4.99 Å². The van der Waals surface area contributed by atoms with E-state index in [-0.39, 0.29) is 29.8 Å². The second-order valence-electron chi connectivity index (χ2n) is 8.96. The SMILES string of the molecule is C=N[C@@](C)(CO)CC[C@@]1(C)OC2CC(O)[C@](C)(CCCC)C2[C@@H]1C. The highest BCUT2D eigenvalue weighted by atomic mass is 16.5. The van der Waals surface area contributed by atoms with Crippen LogP contribution < -0.4 is 0 Å². The molecule has 4 nitrogen and oxygen atoms in total. The minimum Gasteiger partial charge on any atom is -0.394 e. The molecule has 0 aromatic heterocycles. The molecule has 0 spiro atoms. The minimum atomic E-state index is -0.491. The third-order valence-corrected chi connectivity index (χ3v) is 7.25. The lowest BCUT2D eigenvalue weighted by molar-refractivity contribution is -0.0660. The molecule has 7 atom stereocenters. The fraction of sp³-hybridized carbons (Fsp3) is 0.950. The molecule has 0 aromatic rings. The van der Waals surface area contributed by atoms with Crippen LogP contribution in [0.5, 0.6) is 0 Å². The van der Waals surface area contributed by atoms with E-state index < -0.39 is 5.54 Å². The molecule has 0 aromatic carbocycles. The van der Waals surface area contributed by atoms with E-state index in [9.17, 15) is 10.2 Å². The molecule has 0 bridgehead atoms. The molecule has 4 heteroatoms. The molecule has 140 valence electrons. The third kappa shape index (κ3) is 3.30. The van der Waals surface area contributed by atoms with E-state index in [1.54, 1.807) is 0 Å². The Morgan fingerprint density at radius 3 is 2.54 bits per heavy atom. The molecule has 1 saturated heterocycles. The largest absolute Gasteiger partial charge is 0.394 e. The molecule has 1 aliphatic heterocycles. The molecule has 24 heavy (non-hydrogen) atoms. The molecular weight excluding hydrogens is 302 g/mol. The van der Waals surface area contributed by atoms with Crippen molar-refractivity contribution in [3.8, 4) is 0 Å². The zero-order chi connectivity index (χ0) is 18.2. The number of rotatable bonds is 8. The number of ether oxygens (including phenoxy) is 1. The molecule has 2 N–H and O–H groups in total. The normalized spacial score (nSPS) is 44.3. The van der Waals surface area contributed by atoms with Crippen molar-refractivity contribution in [3.05, 3.63) is 0 Å². The number of fused-ring (bicyclic) bond motifs is 1. The van der Waals surface area contributed by atoms with Gasteiger partial charge in [0.15, 0.2) is 0 Å². The van der Waals surface area contributed by atoms with E-state index in [1.807, 2.05) is 6.92 Å². The molecule has 2 fully saturated rings. The van der Waals surface area contributed by atoms with Gasteiger partial charge in [-0.3, -0.25) is 4.99 Å². The molecule has 0 radical (unpaired) electrons. The highest BCUT2D eigenvalue weighted by molar-refractivity contribution is 5.26. The molecule has 2 rings (SSSR count). The van der Waals surface area contributed by atoms with Crippen LogP contribution in [-0.2, 0) is 4.74 Å². The summed E-state index contributed by atoms with van der Waals surface area (Å²) in [6, 6.07) is 0.